The van der Waals surface area contributed by atoms with Crippen LogP contribution in [-0.2, 0) is 0 Å². The average Bonchev–Trinajstić information content (AvgIpc) is 2.83. The number of carbonyl (C=O) groups excluding carboxylic acids is 1. The molecule has 0 aliphatic carbocycles. The Morgan fingerprint density at radius 2 is 2.33 bits per heavy atom. The van der Waals surface area contributed by atoms with Crippen molar-refractivity contribution in [3.05, 3.63) is 21.9 Å². The van der Waals surface area contributed by atoms with Crippen LogP contribution in [0.25, 0.3) is 0 Å². The minimum absolute atomic E-state index is 0.00758. The largest absolute Gasteiger partial charge is 0.384 e. The zero-order valence-corrected chi connectivity index (χ0v) is 11.9. The molecule has 1 rings (SSSR count). The van der Waals surface area contributed by atoms with Crippen LogP contribution in [0.4, 0.5) is 0 Å². The first-order valence-electron chi connectivity index (χ1n) is 6.06. The minimum atomic E-state index is -0.189. The van der Waals surface area contributed by atoms with Gasteiger partial charge >= 0.3 is 0 Å². The summed E-state index contributed by atoms with van der Waals surface area (Å²) >= 11 is 1.40. The smallest absolute Gasteiger partial charge is 0.265 e. The molecule has 0 saturated carbocycles. The SMILES string of the molecule is CCCC(C)N(C)C(=O)c1sccc1C#CCO. The molecule has 0 bridgehead atoms. The maximum absolute atomic E-state index is 12.3. The van der Waals surface area contributed by atoms with Crippen molar-refractivity contribution in [1.29, 1.82) is 0 Å². The minimum Gasteiger partial charge on any atom is -0.384 e. The molecule has 0 aromatic carbocycles. The molecule has 0 fully saturated rings. The van der Waals surface area contributed by atoms with E-state index in [1.54, 1.807) is 4.90 Å². The van der Waals surface area contributed by atoms with E-state index in [2.05, 4.69) is 18.8 Å². The lowest BCUT2D eigenvalue weighted by Crippen LogP contribution is -2.34. The maximum atomic E-state index is 12.3. The third kappa shape index (κ3) is 3.59. The van der Waals surface area contributed by atoms with Crippen LogP contribution >= 0.6 is 11.3 Å². The molecule has 1 unspecified atom stereocenters. The fourth-order valence-electron chi connectivity index (χ4n) is 1.68. The Morgan fingerprint density at radius 1 is 1.61 bits per heavy atom. The van der Waals surface area contributed by atoms with Crippen molar-refractivity contribution in [3.63, 3.8) is 0 Å². The van der Waals surface area contributed by atoms with Gasteiger partial charge in [-0.2, -0.15) is 0 Å². The Kier molecular flexibility index (Phi) is 5.90. The van der Waals surface area contributed by atoms with E-state index in [9.17, 15) is 4.79 Å². The maximum Gasteiger partial charge on any atom is 0.265 e. The van der Waals surface area contributed by atoms with Crippen molar-refractivity contribution < 1.29 is 9.90 Å². The normalized spacial score (nSPS) is 11.6. The molecular formula is C14H19NO2S. The molecule has 18 heavy (non-hydrogen) atoms. The molecule has 0 spiro atoms. The van der Waals surface area contributed by atoms with Gasteiger partial charge in [0.15, 0.2) is 0 Å². The van der Waals surface area contributed by atoms with E-state index >= 15 is 0 Å². The first-order valence-corrected chi connectivity index (χ1v) is 6.94. The predicted molar refractivity (Wildman–Crippen MR) is 74.7 cm³/mol. The Balaban J connectivity index is 2.87. The number of nitrogens with zero attached hydrogens (tertiary/aromatic N) is 1. The van der Waals surface area contributed by atoms with Gasteiger partial charge in [-0.05, 0) is 24.8 Å². The summed E-state index contributed by atoms with van der Waals surface area (Å²) in [6.07, 6.45) is 2.05. The fraction of sp³-hybridized carbons (Fsp3) is 0.500. The van der Waals surface area contributed by atoms with E-state index in [4.69, 9.17) is 5.11 Å². The number of rotatable bonds is 4. The van der Waals surface area contributed by atoms with Gasteiger partial charge in [0.1, 0.15) is 11.5 Å². The summed E-state index contributed by atoms with van der Waals surface area (Å²) < 4.78 is 0. The Morgan fingerprint density at radius 3 is 2.94 bits per heavy atom. The highest BCUT2D eigenvalue weighted by Crippen LogP contribution is 2.19. The lowest BCUT2D eigenvalue weighted by atomic mass is 10.1. The van der Waals surface area contributed by atoms with E-state index in [-0.39, 0.29) is 18.6 Å². The first kappa shape index (κ1) is 14.7. The molecule has 0 saturated heterocycles. The van der Waals surface area contributed by atoms with E-state index in [0.29, 0.717) is 10.4 Å². The monoisotopic (exact) mass is 265 g/mol. The van der Waals surface area contributed by atoms with Gasteiger partial charge in [0.25, 0.3) is 5.91 Å². The molecule has 0 aliphatic rings. The fourth-order valence-corrected chi connectivity index (χ4v) is 2.51. The second kappa shape index (κ2) is 7.20. The number of thiophene rings is 1. The number of hydrogen-bond acceptors (Lipinski definition) is 3. The van der Waals surface area contributed by atoms with Crippen LogP contribution in [0.3, 0.4) is 0 Å². The van der Waals surface area contributed by atoms with Crippen LogP contribution in [0.1, 0.15) is 41.9 Å². The molecule has 1 atom stereocenters. The first-order chi connectivity index (χ1) is 8.61. The van der Waals surface area contributed by atoms with E-state index in [1.165, 1.54) is 11.3 Å². The van der Waals surface area contributed by atoms with E-state index < -0.39 is 0 Å². The Bertz CT molecular complexity index is 456. The van der Waals surface area contributed by atoms with Gasteiger partial charge in [0.2, 0.25) is 0 Å². The van der Waals surface area contributed by atoms with Crippen LogP contribution in [0.15, 0.2) is 11.4 Å². The van der Waals surface area contributed by atoms with Crippen LogP contribution < -0.4 is 0 Å². The third-order valence-corrected chi connectivity index (χ3v) is 3.75. The summed E-state index contributed by atoms with van der Waals surface area (Å²) in [7, 11) is 1.83. The van der Waals surface area contributed by atoms with E-state index in [1.807, 2.05) is 25.4 Å². The highest BCUT2D eigenvalue weighted by atomic mass is 32.1. The van der Waals surface area contributed by atoms with Crippen LogP contribution in [0, 0.1) is 11.8 Å². The van der Waals surface area contributed by atoms with Gasteiger partial charge in [-0.3, -0.25) is 4.79 Å². The molecule has 98 valence electrons. The summed E-state index contributed by atoms with van der Waals surface area (Å²) in [6, 6.07) is 2.04. The average molecular weight is 265 g/mol. The highest BCUT2D eigenvalue weighted by Gasteiger charge is 2.20. The Labute approximate surface area is 112 Å². The summed E-state index contributed by atoms with van der Waals surface area (Å²) in [4.78, 5) is 14.7. The summed E-state index contributed by atoms with van der Waals surface area (Å²) in [5, 5.41) is 10.6. The van der Waals surface area contributed by atoms with Crippen molar-refractivity contribution >= 4 is 17.2 Å². The lowest BCUT2D eigenvalue weighted by molar-refractivity contribution is 0.0741. The standard InChI is InChI=1S/C14H19NO2S/c1-4-6-11(2)15(3)14(17)13-12(7-5-9-16)8-10-18-13/h8,10-11,16H,4,6,9H2,1-3H3. The number of amides is 1. The zero-order chi connectivity index (χ0) is 13.5. The molecule has 0 aliphatic heterocycles. The molecular weight excluding hydrogens is 246 g/mol. The van der Waals surface area contributed by atoms with Crippen molar-refractivity contribution in [1.82, 2.24) is 4.90 Å². The number of hydrogen-bond donors (Lipinski definition) is 1. The molecule has 1 heterocycles. The quantitative estimate of drug-likeness (QED) is 0.849. The van der Waals surface area contributed by atoms with Crippen LogP contribution in [0.5, 0.6) is 0 Å². The highest BCUT2D eigenvalue weighted by molar-refractivity contribution is 7.12. The number of carbonyl (C=O) groups is 1. The molecule has 1 amide bonds. The van der Waals surface area contributed by atoms with Gasteiger partial charge in [0, 0.05) is 18.7 Å². The molecule has 1 aromatic rings. The molecule has 3 nitrogen and oxygen atoms in total. The van der Waals surface area contributed by atoms with Gasteiger partial charge in [-0.15, -0.1) is 11.3 Å². The second-order valence-electron chi connectivity index (χ2n) is 4.18. The van der Waals surface area contributed by atoms with Gasteiger partial charge in [0.05, 0.1) is 0 Å². The Hall–Kier alpha value is -1.31. The van der Waals surface area contributed by atoms with Crippen molar-refractivity contribution in [3.8, 4) is 11.8 Å². The zero-order valence-electron chi connectivity index (χ0n) is 11.1. The van der Waals surface area contributed by atoms with Crippen molar-refractivity contribution in [2.45, 2.75) is 32.7 Å². The third-order valence-electron chi connectivity index (χ3n) is 2.85. The summed E-state index contributed by atoms with van der Waals surface area (Å²) in [5.74, 6) is 5.40. The molecule has 4 heteroatoms. The summed E-state index contributed by atoms with van der Waals surface area (Å²) in [5.41, 5.74) is 0.703. The van der Waals surface area contributed by atoms with Crippen molar-refractivity contribution in [2.24, 2.45) is 0 Å². The van der Waals surface area contributed by atoms with Gasteiger partial charge < -0.3 is 10.0 Å². The topological polar surface area (TPSA) is 40.5 Å². The number of aliphatic hydroxyl groups is 1. The van der Waals surface area contributed by atoms with Crippen LogP contribution in [-0.4, -0.2) is 35.6 Å². The van der Waals surface area contributed by atoms with Gasteiger partial charge in [-0.25, -0.2) is 0 Å². The van der Waals surface area contributed by atoms with Crippen molar-refractivity contribution in [2.75, 3.05) is 13.7 Å². The van der Waals surface area contributed by atoms with Crippen LogP contribution in [0.2, 0.25) is 0 Å². The molecule has 1 aromatic heterocycles. The molecule has 1 N–H and O–H groups in total. The van der Waals surface area contributed by atoms with Gasteiger partial charge in [-0.1, -0.05) is 25.2 Å². The summed E-state index contributed by atoms with van der Waals surface area (Å²) in [6.45, 7) is 3.97. The lowest BCUT2D eigenvalue weighted by Gasteiger charge is -2.24. The molecule has 0 radical (unpaired) electrons. The predicted octanol–water partition coefficient (Wildman–Crippen LogP) is 2.35. The second-order valence-corrected chi connectivity index (χ2v) is 5.09. The van der Waals surface area contributed by atoms with E-state index in [0.717, 1.165) is 12.8 Å². The number of aliphatic hydroxyl groups excluding tert-OH is 1.